The Bertz CT molecular complexity index is 763. The van der Waals surface area contributed by atoms with Gasteiger partial charge in [-0.3, -0.25) is 9.59 Å². The number of aromatic nitrogens is 1. The zero-order chi connectivity index (χ0) is 19.3. The number of hydrogen-bond donors (Lipinski definition) is 0. The first-order valence-corrected chi connectivity index (χ1v) is 9.13. The van der Waals surface area contributed by atoms with Gasteiger partial charge in [0, 0.05) is 18.0 Å². The first-order chi connectivity index (χ1) is 12.1. The number of ether oxygens (including phenoxy) is 2. The van der Waals surface area contributed by atoms with Crippen LogP contribution in [0.3, 0.4) is 0 Å². The number of hydrogen-bond acceptors (Lipinski definition) is 6. The fraction of sp³-hybridized carbons (Fsp3) is 0.421. The van der Waals surface area contributed by atoms with Crippen molar-refractivity contribution in [2.24, 2.45) is 0 Å². The SMILES string of the molecule is Cc1nc(COc2ccc(C(=O)N(C)CC(=O)OC(C)(C)C)cc2)cs1. The lowest BCUT2D eigenvalue weighted by Crippen LogP contribution is -2.36. The third-order valence-corrected chi connectivity index (χ3v) is 4.11. The standard InChI is InChI=1S/C19H24N2O4S/c1-13-20-15(12-26-13)11-24-16-8-6-14(7-9-16)18(23)21(5)10-17(22)25-19(2,3)4/h6-9,12H,10-11H2,1-5H3. The Balaban J connectivity index is 1.89. The average molecular weight is 376 g/mol. The van der Waals surface area contributed by atoms with Crippen LogP contribution in [-0.2, 0) is 16.1 Å². The van der Waals surface area contributed by atoms with Crippen LogP contribution in [0.2, 0.25) is 0 Å². The number of carbonyl (C=O) groups excluding carboxylic acids is 2. The Morgan fingerprint density at radius 1 is 1.19 bits per heavy atom. The van der Waals surface area contributed by atoms with Gasteiger partial charge in [0.15, 0.2) is 0 Å². The molecular weight excluding hydrogens is 352 g/mol. The van der Waals surface area contributed by atoms with Crippen LogP contribution in [0.4, 0.5) is 0 Å². The molecule has 1 heterocycles. The second-order valence-electron chi connectivity index (χ2n) is 6.92. The Kier molecular flexibility index (Phi) is 6.37. The minimum atomic E-state index is -0.574. The van der Waals surface area contributed by atoms with Crippen molar-refractivity contribution in [3.8, 4) is 5.75 Å². The van der Waals surface area contributed by atoms with Gasteiger partial charge in [0.05, 0.1) is 10.7 Å². The number of benzene rings is 1. The molecule has 0 spiro atoms. The van der Waals surface area contributed by atoms with Crippen LogP contribution in [0.1, 0.15) is 41.8 Å². The second kappa shape index (κ2) is 8.31. The van der Waals surface area contributed by atoms with E-state index in [4.69, 9.17) is 9.47 Å². The van der Waals surface area contributed by atoms with Crippen molar-refractivity contribution in [2.75, 3.05) is 13.6 Å². The molecule has 0 saturated carbocycles. The van der Waals surface area contributed by atoms with E-state index in [0.29, 0.717) is 17.9 Å². The van der Waals surface area contributed by atoms with E-state index in [-0.39, 0.29) is 12.5 Å². The Labute approximate surface area is 157 Å². The van der Waals surface area contributed by atoms with Gasteiger partial charge in [-0.2, -0.15) is 0 Å². The number of aryl methyl sites for hydroxylation is 1. The van der Waals surface area contributed by atoms with Gasteiger partial charge in [0.1, 0.15) is 24.5 Å². The maximum absolute atomic E-state index is 12.4. The van der Waals surface area contributed by atoms with Gasteiger partial charge in [-0.1, -0.05) is 0 Å². The molecule has 0 atom stereocenters. The van der Waals surface area contributed by atoms with E-state index in [0.717, 1.165) is 10.7 Å². The smallest absolute Gasteiger partial charge is 0.326 e. The molecule has 0 radical (unpaired) electrons. The molecule has 0 bridgehead atoms. The molecule has 0 N–H and O–H groups in total. The largest absolute Gasteiger partial charge is 0.487 e. The highest BCUT2D eigenvalue weighted by Crippen LogP contribution is 2.16. The molecule has 0 aliphatic carbocycles. The molecule has 0 saturated heterocycles. The minimum Gasteiger partial charge on any atom is -0.487 e. The third-order valence-electron chi connectivity index (χ3n) is 3.29. The maximum atomic E-state index is 12.4. The molecule has 2 rings (SSSR count). The second-order valence-corrected chi connectivity index (χ2v) is 7.98. The van der Waals surface area contributed by atoms with Crippen LogP contribution in [0.25, 0.3) is 0 Å². The molecule has 1 aromatic carbocycles. The summed E-state index contributed by atoms with van der Waals surface area (Å²) in [6.45, 7) is 7.60. The van der Waals surface area contributed by atoms with Crippen molar-refractivity contribution in [3.63, 3.8) is 0 Å². The molecule has 7 heteroatoms. The highest BCUT2D eigenvalue weighted by Gasteiger charge is 2.20. The summed E-state index contributed by atoms with van der Waals surface area (Å²) in [5, 5.41) is 2.95. The predicted molar refractivity (Wildman–Crippen MR) is 100 cm³/mol. The lowest BCUT2D eigenvalue weighted by molar-refractivity contribution is -0.155. The number of carbonyl (C=O) groups is 2. The molecule has 1 amide bonds. The quantitative estimate of drug-likeness (QED) is 0.723. The molecular formula is C19H24N2O4S. The fourth-order valence-electron chi connectivity index (χ4n) is 2.19. The van der Waals surface area contributed by atoms with Crippen molar-refractivity contribution < 1.29 is 19.1 Å². The van der Waals surface area contributed by atoms with Crippen molar-refractivity contribution >= 4 is 23.2 Å². The molecule has 0 aliphatic heterocycles. The van der Waals surface area contributed by atoms with Crippen LogP contribution in [0, 0.1) is 6.92 Å². The van der Waals surface area contributed by atoms with Gasteiger partial charge in [-0.05, 0) is 52.0 Å². The van der Waals surface area contributed by atoms with Crippen LogP contribution in [0.5, 0.6) is 5.75 Å². The van der Waals surface area contributed by atoms with Gasteiger partial charge in [0.25, 0.3) is 5.91 Å². The first-order valence-electron chi connectivity index (χ1n) is 8.25. The lowest BCUT2D eigenvalue weighted by atomic mass is 10.2. The number of nitrogens with zero attached hydrogens (tertiary/aromatic N) is 2. The topological polar surface area (TPSA) is 68.7 Å². The first kappa shape index (κ1) is 19.9. The number of esters is 1. The van der Waals surface area contributed by atoms with Crippen LogP contribution in [0.15, 0.2) is 29.6 Å². The van der Waals surface area contributed by atoms with Crippen LogP contribution >= 0.6 is 11.3 Å². The van der Waals surface area contributed by atoms with Gasteiger partial charge in [0.2, 0.25) is 0 Å². The Morgan fingerprint density at radius 3 is 2.38 bits per heavy atom. The lowest BCUT2D eigenvalue weighted by Gasteiger charge is -2.22. The molecule has 26 heavy (non-hydrogen) atoms. The van der Waals surface area contributed by atoms with E-state index >= 15 is 0 Å². The summed E-state index contributed by atoms with van der Waals surface area (Å²) in [6.07, 6.45) is 0. The Hall–Kier alpha value is -2.41. The number of thiazole rings is 1. The van der Waals surface area contributed by atoms with Crippen molar-refractivity contribution in [1.82, 2.24) is 9.88 Å². The minimum absolute atomic E-state index is 0.0997. The van der Waals surface area contributed by atoms with Gasteiger partial charge in [-0.25, -0.2) is 4.98 Å². The van der Waals surface area contributed by atoms with Gasteiger partial charge >= 0.3 is 5.97 Å². The zero-order valence-corrected chi connectivity index (χ0v) is 16.6. The van der Waals surface area contributed by atoms with Crippen LogP contribution < -0.4 is 4.74 Å². The summed E-state index contributed by atoms with van der Waals surface area (Å²) in [7, 11) is 1.57. The van der Waals surface area contributed by atoms with Crippen molar-refractivity contribution in [3.05, 3.63) is 45.9 Å². The number of likely N-dealkylation sites (N-methyl/N-ethyl adjacent to an activating group) is 1. The van der Waals surface area contributed by atoms with Gasteiger partial charge < -0.3 is 14.4 Å². The molecule has 0 unspecified atom stereocenters. The highest BCUT2D eigenvalue weighted by atomic mass is 32.1. The Morgan fingerprint density at radius 2 is 1.85 bits per heavy atom. The normalized spacial score (nSPS) is 11.1. The van der Waals surface area contributed by atoms with Crippen LogP contribution in [-0.4, -0.2) is 41.0 Å². The maximum Gasteiger partial charge on any atom is 0.326 e. The molecule has 140 valence electrons. The summed E-state index contributed by atoms with van der Waals surface area (Å²) >= 11 is 1.58. The summed E-state index contributed by atoms with van der Waals surface area (Å²) in [5.41, 5.74) is 0.785. The highest BCUT2D eigenvalue weighted by molar-refractivity contribution is 7.09. The van der Waals surface area contributed by atoms with E-state index < -0.39 is 11.6 Å². The van der Waals surface area contributed by atoms with E-state index in [2.05, 4.69) is 4.98 Å². The molecule has 2 aromatic rings. The molecule has 0 fully saturated rings. The summed E-state index contributed by atoms with van der Waals surface area (Å²) in [5.74, 6) is -0.0357. The average Bonchev–Trinajstić information content (AvgIpc) is 2.96. The van der Waals surface area contributed by atoms with E-state index in [9.17, 15) is 9.59 Å². The summed E-state index contributed by atoms with van der Waals surface area (Å²) in [4.78, 5) is 29.9. The summed E-state index contributed by atoms with van der Waals surface area (Å²) < 4.78 is 10.9. The number of amides is 1. The van der Waals surface area contributed by atoms with E-state index in [1.165, 1.54) is 4.90 Å². The third kappa shape index (κ3) is 6.15. The van der Waals surface area contributed by atoms with Gasteiger partial charge in [-0.15, -0.1) is 11.3 Å². The summed E-state index contributed by atoms with van der Waals surface area (Å²) in [6, 6.07) is 6.81. The molecule has 0 aliphatic rings. The predicted octanol–water partition coefficient (Wildman–Crippen LogP) is 3.44. The van der Waals surface area contributed by atoms with Crippen molar-refractivity contribution in [1.29, 1.82) is 0 Å². The van der Waals surface area contributed by atoms with Crippen molar-refractivity contribution in [2.45, 2.75) is 39.9 Å². The fourth-order valence-corrected chi connectivity index (χ4v) is 2.78. The molecule has 1 aromatic heterocycles. The van der Waals surface area contributed by atoms with E-state index in [1.807, 2.05) is 12.3 Å². The molecule has 6 nitrogen and oxygen atoms in total. The monoisotopic (exact) mass is 376 g/mol. The zero-order valence-electron chi connectivity index (χ0n) is 15.7. The van der Waals surface area contributed by atoms with E-state index in [1.54, 1.807) is 63.4 Å². The number of rotatable bonds is 6.